The summed E-state index contributed by atoms with van der Waals surface area (Å²) in [6, 6.07) is 15.6. The summed E-state index contributed by atoms with van der Waals surface area (Å²) in [5, 5.41) is 2.68. The van der Waals surface area contributed by atoms with Crippen molar-refractivity contribution in [3.05, 3.63) is 65.7 Å². The summed E-state index contributed by atoms with van der Waals surface area (Å²) in [4.78, 5) is 30.2. The number of nitrogens with two attached hydrogens (primary N) is 1. The Balaban J connectivity index is 1.49. The number of hydrogen-bond donors (Lipinski definition) is 2. The van der Waals surface area contributed by atoms with Crippen LogP contribution in [0.3, 0.4) is 0 Å². The lowest BCUT2D eigenvalue weighted by Gasteiger charge is -2.31. The molecule has 0 aliphatic carbocycles. The van der Waals surface area contributed by atoms with Crippen LogP contribution in [0.2, 0.25) is 0 Å². The molecule has 2 saturated heterocycles. The fourth-order valence-corrected chi connectivity index (χ4v) is 4.77. The predicted molar refractivity (Wildman–Crippen MR) is 123 cm³/mol. The summed E-state index contributed by atoms with van der Waals surface area (Å²) < 4.78 is 5.86. The van der Waals surface area contributed by atoms with Gasteiger partial charge in [0.2, 0.25) is 5.91 Å². The third kappa shape index (κ3) is 4.79. The van der Waals surface area contributed by atoms with Gasteiger partial charge in [-0.1, -0.05) is 30.3 Å². The second-order valence-electron chi connectivity index (χ2n) is 8.52. The molecule has 0 unspecified atom stereocenters. The number of nitrogens with zero attached hydrogens (tertiary/aromatic N) is 2. The van der Waals surface area contributed by atoms with Gasteiger partial charge in [-0.3, -0.25) is 14.5 Å². The molecule has 170 valence electrons. The summed E-state index contributed by atoms with van der Waals surface area (Å²) in [5.41, 5.74) is 7.88. The number of amides is 2. The molecule has 0 bridgehead atoms. The number of hydrogen-bond acceptors (Lipinski definition) is 5. The molecule has 7 heteroatoms. The van der Waals surface area contributed by atoms with Crippen LogP contribution in [0.15, 0.2) is 54.6 Å². The van der Waals surface area contributed by atoms with Crippen LogP contribution < -0.4 is 15.8 Å². The molecule has 2 fully saturated rings. The minimum absolute atomic E-state index is 0.200. The second kappa shape index (κ2) is 10.1. The maximum atomic E-state index is 13.5. The lowest BCUT2D eigenvalue weighted by molar-refractivity contribution is -0.124. The van der Waals surface area contributed by atoms with E-state index in [1.54, 1.807) is 24.1 Å². The lowest BCUT2D eigenvalue weighted by atomic mass is 10.0. The van der Waals surface area contributed by atoms with Gasteiger partial charge in [-0.05, 0) is 62.2 Å². The minimum Gasteiger partial charge on any atom is -0.492 e. The maximum absolute atomic E-state index is 13.5. The Morgan fingerprint density at radius 1 is 1.06 bits per heavy atom. The molecule has 2 aliphatic heterocycles. The number of carbonyl (C=O) groups excluding carboxylic acids is 2. The van der Waals surface area contributed by atoms with Gasteiger partial charge in [0.1, 0.15) is 18.4 Å². The normalized spacial score (nSPS) is 23.3. The highest BCUT2D eigenvalue weighted by Crippen LogP contribution is 2.37. The quantitative estimate of drug-likeness (QED) is 0.695. The van der Waals surface area contributed by atoms with E-state index in [-0.39, 0.29) is 23.9 Å². The molecule has 2 aromatic rings. The van der Waals surface area contributed by atoms with Crippen LogP contribution in [0.25, 0.3) is 0 Å². The highest BCUT2D eigenvalue weighted by atomic mass is 16.5. The first-order valence-corrected chi connectivity index (χ1v) is 11.4. The molecule has 2 aliphatic rings. The van der Waals surface area contributed by atoms with Gasteiger partial charge in [-0.2, -0.15) is 0 Å². The average Bonchev–Trinajstić information content (AvgIpc) is 3.47. The van der Waals surface area contributed by atoms with E-state index in [4.69, 9.17) is 10.5 Å². The molecular formula is C25H32N4O3. The van der Waals surface area contributed by atoms with Crippen LogP contribution >= 0.6 is 0 Å². The number of likely N-dealkylation sites (tertiary alicyclic amines) is 2. The zero-order chi connectivity index (χ0) is 22.5. The van der Waals surface area contributed by atoms with Crippen molar-refractivity contribution in [3.63, 3.8) is 0 Å². The third-order valence-electron chi connectivity index (χ3n) is 6.44. The summed E-state index contributed by atoms with van der Waals surface area (Å²) in [7, 11) is 1.58. The van der Waals surface area contributed by atoms with Crippen molar-refractivity contribution in [2.45, 2.75) is 37.4 Å². The van der Waals surface area contributed by atoms with Gasteiger partial charge >= 0.3 is 0 Å². The fraction of sp³-hybridized carbons (Fsp3) is 0.440. The number of rotatable bonds is 7. The van der Waals surface area contributed by atoms with Gasteiger partial charge in [0.05, 0.1) is 6.04 Å². The Hall–Kier alpha value is -2.90. The van der Waals surface area contributed by atoms with Gasteiger partial charge in [0.15, 0.2) is 0 Å². The Bertz CT molecular complexity index is 913. The highest BCUT2D eigenvalue weighted by Gasteiger charge is 2.46. The van der Waals surface area contributed by atoms with E-state index < -0.39 is 6.04 Å². The first-order chi connectivity index (χ1) is 15.6. The second-order valence-corrected chi connectivity index (χ2v) is 8.52. The van der Waals surface area contributed by atoms with E-state index >= 15 is 0 Å². The van der Waals surface area contributed by atoms with E-state index in [1.807, 2.05) is 42.5 Å². The SMILES string of the molecule is CNC(=O)[C@@H]1C[C@@H](N)[C@H](c2ccccc2)N1C(=O)c1ccc(OCCN2CCCC2)cc1. The van der Waals surface area contributed by atoms with Crippen molar-refractivity contribution in [2.75, 3.05) is 33.3 Å². The van der Waals surface area contributed by atoms with Gasteiger partial charge in [-0.15, -0.1) is 0 Å². The van der Waals surface area contributed by atoms with Gasteiger partial charge in [0.25, 0.3) is 5.91 Å². The van der Waals surface area contributed by atoms with Crippen molar-refractivity contribution < 1.29 is 14.3 Å². The van der Waals surface area contributed by atoms with Crippen LogP contribution in [0, 0.1) is 0 Å². The maximum Gasteiger partial charge on any atom is 0.255 e. The predicted octanol–water partition coefficient (Wildman–Crippen LogP) is 2.19. The summed E-state index contributed by atoms with van der Waals surface area (Å²) in [6.07, 6.45) is 2.94. The third-order valence-corrected chi connectivity index (χ3v) is 6.44. The molecule has 0 radical (unpaired) electrons. The minimum atomic E-state index is -0.607. The number of benzene rings is 2. The zero-order valence-electron chi connectivity index (χ0n) is 18.6. The van der Waals surface area contributed by atoms with Gasteiger partial charge < -0.3 is 20.7 Å². The van der Waals surface area contributed by atoms with Crippen LogP contribution in [0.1, 0.15) is 41.2 Å². The molecule has 2 amide bonds. The lowest BCUT2D eigenvalue weighted by Crippen LogP contribution is -2.46. The topological polar surface area (TPSA) is 87.9 Å². The first kappa shape index (κ1) is 22.3. The molecular weight excluding hydrogens is 404 g/mol. The molecule has 2 aromatic carbocycles. The zero-order valence-corrected chi connectivity index (χ0v) is 18.6. The van der Waals surface area contributed by atoms with E-state index in [0.29, 0.717) is 18.6 Å². The average molecular weight is 437 g/mol. The summed E-state index contributed by atoms with van der Waals surface area (Å²) >= 11 is 0. The molecule has 4 rings (SSSR count). The largest absolute Gasteiger partial charge is 0.492 e. The summed E-state index contributed by atoms with van der Waals surface area (Å²) in [5.74, 6) is 0.333. The molecule has 32 heavy (non-hydrogen) atoms. The van der Waals surface area contributed by atoms with Crippen molar-refractivity contribution in [3.8, 4) is 5.75 Å². The number of nitrogens with one attached hydrogen (secondary N) is 1. The number of ether oxygens (including phenoxy) is 1. The van der Waals surface area contributed by atoms with Crippen LogP contribution in [-0.2, 0) is 4.79 Å². The van der Waals surface area contributed by atoms with Gasteiger partial charge in [-0.25, -0.2) is 0 Å². The van der Waals surface area contributed by atoms with Crippen LogP contribution in [0.4, 0.5) is 0 Å². The molecule has 2 heterocycles. The molecule has 3 N–H and O–H groups in total. The number of likely N-dealkylation sites (N-methyl/N-ethyl adjacent to an activating group) is 1. The molecule has 0 spiro atoms. The highest BCUT2D eigenvalue weighted by molar-refractivity contribution is 5.98. The van der Waals surface area contributed by atoms with Crippen molar-refractivity contribution in [2.24, 2.45) is 5.73 Å². The molecule has 0 saturated carbocycles. The standard InChI is InChI=1S/C25H32N4O3/c1-27-24(30)22-17-21(26)23(18-7-3-2-4-8-18)29(22)25(31)19-9-11-20(12-10-19)32-16-15-28-13-5-6-14-28/h2-4,7-12,21-23H,5-6,13-17,26H2,1H3,(H,27,30)/t21-,22+,23+/m1/s1. The van der Waals surface area contributed by atoms with Crippen LogP contribution in [0.5, 0.6) is 5.75 Å². The van der Waals surface area contributed by atoms with E-state index in [1.165, 1.54) is 12.8 Å². The Morgan fingerprint density at radius 3 is 2.41 bits per heavy atom. The fourth-order valence-electron chi connectivity index (χ4n) is 4.77. The van der Waals surface area contributed by atoms with Crippen molar-refractivity contribution in [1.29, 1.82) is 0 Å². The van der Waals surface area contributed by atoms with Gasteiger partial charge in [0, 0.05) is 25.2 Å². The van der Waals surface area contributed by atoms with Crippen molar-refractivity contribution in [1.82, 2.24) is 15.1 Å². The Morgan fingerprint density at radius 2 is 1.75 bits per heavy atom. The van der Waals surface area contributed by atoms with Crippen molar-refractivity contribution >= 4 is 11.8 Å². The first-order valence-electron chi connectivity index (χ1n) is 11.4. The number of carbonyl (C=O) groups is 2. The monoisotopic (exact) mass is 436 g/mol. The molecule has 7 nitrogen and oxygen atoms in total. The molecule has 3 atom stereocenters. The molecule has 0 aromatic heterocycles. The Labute approximate surface area is 189 Å². The van der Waals surface area contributed by atoms with E-state index in [0.717, 1.165) is 30.9 Å². The Kier molecular flexibility index (Phi) is 7.07. The van der Waals surface area contributed by atoms with Crippen LogP contribution in [-0.4, -0.2) is 67.0 Å². The van der Waals surface area contributed by atoms with E-state index in [2.05, 4.69) is 10.2 Å². The summed E-state index contributed by atoms with van der Waals surface area (Å²) in [6.45, 7) is 3.83. The smallest absolute Gasteiger partial charge is 0.255 e. The van der Waals surface area contributed by atoms with E-state index in [9.17, 15) is 9.59 Å².